The summed E-state index contributed by atoms with van der Waals surface area (Å²) in [5.41, 5.74) is 5.16. The highest BCUT2D eigenvalue weighted by molar-refractivity contribution is 7.17. The maximum atomic E-state index is 12.6. The van der Waals surface area contributed by atoms with Crippen LogP contribution in [-0.2, 0) is 4.79 Å². The molecule has 0 aliphatic rings. The summed E-state index contributed by atoms with van der Waals surface area (Å²) in [5.74, 6) is -0.501. The summed E-state index contributed by atoms with van der Waals surface area (Å²) in [5, 5.41) is 4.40. The Labute approximate surface area is 148 Å². The summed E-state index contributed by atoms with van der Waals surface area (Å²) in [4.78, 5) is 28.8. The summed E-state index contributed by atoms with van der Waals surface area (Å²) >= 11 is 1.42. The Bertz CT molecular complexity index is 910. The van der Waals surface area contributed by atoms with Crippen LogP contribution in [0, 0.1) is 0 Å². The van der Waals surface area contributed by atoms with Crippen LogP contribution in [0.5, 0.6) is 5.75 Å². The molecule has 25 heavy (non-hydrogen) atoms. The highest BCUT2D eigenvalue weighted by Gasteiger charge is 2.35. The zero-order valence-electron chi connectivity index (χ0n) is 13.6. The van der Waals surface area contributed by atoms with Gasteiger partial charge < -0.3 is 15.8 Å². The largest absolute Gasteiger partial charge is 0.491 e. The number of thiophene rings is 1. The number of pyridine rings is 1. The topological polar surface area (TPSA) is 94.3 Å². The van der Waals surface area contributed by atoms with Gasteiger partial charge in [0, 0.05) is 11.6 Å². The van der Waals surface area contributed by atoms with Gasteiger partial charge in [-0.05, 0) is 31.2 Å². The Hall–Kier alpha value is -2.93. The third-order valence-electron chi connectivity index (χ3n) is 3.78. The normalized spacial score (nSPS) is 13.2. The predicted molar refractivity (Wildman–Crippen MR) is 96.6 cm³/mol. The number of hydrogen-bond donors (Lipinski definition) is 2. The van der Waals surface area contributed by atoms with Gasteiger partial charge in [0.2, 0.25) is 5.91 Å². The molecule has 1 aromatic carbocycles. The van der Waals surface area contributed by atoms with E-state index in [0.29, 0.717) is 16.8 Å². The van der Waals surface area contributed by atoms with Crippen molar-refractivity contribution < 1.29 is 14.3 Å². The van der Waals surface area contributed by atoms with Crippen LogP contribution < -0.4 is 15.8 Å². The second-order valence-corrected chi connectivity index (χ2v) is 6.66. The second kappa shape index (κ2) is 6.90. The molecule has 2 aromatic heterocycles. The SMILES string of the molecule is CC(COc1ccccc1)(NC(=O)c1csc2cccnc12)C(N)=O. The summed E-state index contributed by atoms with van der Waals surface area (Å²) < 4.78 is 6.51. The second-order valence-electron chi connectivity index (χ2n) is 5.75. The number of ether oxygens (including phenoxy) is 1. The lowest BCUT2D eigenvalue weighted by Gasteiger charge is -2.27. The molecule has 3 rings (SSSR count). The monoisotopic (exact) mass is 355 g/mol. The van der Waals surface area contributed by atoms with Crippen molar-refractivity contribution in [2.75, 3.05) is 6.61 Å². The molecule has 0 saturated heterocycles. The summed E-state index contributed by atoms with van der Waals surface area (Å²) in [6.45, 7) is 1.46. The first-order valence-electron chi connectivity index (χ1n) is 7.62. The minimum Gasteiger partial charge on any atom is -0.491 e. The van der Waals surface area contributed by atoms with Crippen LogP contribution >= 0.6 is 11.3 Å². The van der Waals surface area contributed by atoms with Crippen LogP contribution in [-0.4, -0.2) is 28.9 Å². The van der Waals surface area contributed by atoms with E-state index in [1.807, 2.05) is 30.3 Å². The molecule has 0 saturated carbocycles. The van der Waals surface area contributed by atoms with Crippen LogP contribution in [0.3, 0.4) is 0 Å². The Kier molecular flexibility index (Phi) is 4.67. The standard InChI is InChI=1S/C18H17N3O3S/c1-18(17(19)23,11-24-12-6-3-2-4-7-12)21-16(22)13-10-25-14-8-5-9-20-15(13)14/h2-10H,11H2,1H3,(H2,19,23)(H,21,22). The molecule has 3 aromatic rings. The molecular formula is C18H17N3O3S. The van der Waals surface area contributed by atoms with Gasteiger partial charge in [0.1, 0.15) is 12.4 Å². The van der Waals surface area contributed by atoms with Gasteiger partial charge in [0.05, 0.1) is 15.8 Å². The Morgan fingerprint density at radius 2 is 2.00 bits per heavy atom. The van der Waals surface area contributed by atoms with Crippen molar-refractivity contribution in [2.45, 2.75) is 12.5 Å². The average Bonchev–Trinajstić information content (AvgIpc) is 3.05. The molecule has 128 valence electrons. The fraction of sp³-hybridized carbons (Fsp3) is 0.167. The maximum Gasteiger partial charge on any atom is 0.255 e. The smallest absolute Gasteiger partial charge is 0.255 e. The van der Waals surface area contributed by atoms with Crippen molar-refractivity contribution in [2.24, 2.45) is 5.73 Å². The van der Waals surface area contributed by atoms with Crippen LogP contribution in [0.15, 0.2) is 54.0 Å². The van der Waals surface area contributed by atoms with Crippen LogP contribution in [0.4, 0.5) is 0 Å². The summed E-state index contributed by atoms with van der Waals surface area (Å²) in [6.07, 6.45) is 1.62. The van der Waals surface area contributed by atoms with E-state index in [2.05, 4.69) is 10.3 Å². The van der Waals surface area contributed by atoms with Gasteiger partial charge in [-0.1, -0.05) is 18.2 Å². The van der Waals surface area contributed by atoms with Gasteiger partial charge in [-0.15, -0.1) is 11.3 Å². The number of fused-ring (bicyclic) bond motifs is 1. The van der Waals surface area contributed by atoms with Crippen molar-refractivity contribution >= 4 is 33.4 Å². The van der Waals surface area contributed by atoms with Gasteiger partial charge >= 0.3 is 0 Å². The number of nitrogens with two attached hydrogens (primary N) is 1. The lowest BCUT2D eigenvalue weighted by molar-refractivity contribution is -0.124. The number of hydrogen-bond acceptors (Lipinski definition) is 5. The van der Waals surface area contributed by atoms with Crippen LogP contribution in [0.1, 0.15) is 17.3 Å². The number of benzene rings is 1. The number of amides is 2. The lowest BCUT2D eigenvalue weighted by Crippen LogP contribution is -2.59. The summed E-state index contributed by atoms with van der Waals surface area (Å²) in [7, 11) is 0. The number of nitrogens with one attached hydrogen (secondary N) is 1. The Balaban J connectivity index is 1.78. The minimum absolute atomic E-state index is 0.0758. The van der Waals surface area contributed by atoms with Crippen LogP contribution in [0.2, 0.25) is 0 Å². The molecule has 0 radical (unpaired) electrons. The number of nitrogens with zero attached hydrogens (tertiary/aromatic N) is 1. The van der Waals surface area contributed by atoms with Gasteiger partial charge in [0.15, 0.2) is 5.54 Å². The zero-order chi connectivity index (χ0) is 17.9. The number of rotatable bonds is 6. The highest BCUT2D eigenvalue weighted by atomic mass is 32.1. The van der Waals surface area contributed by atoms with E-state index in [-0.39, 0.29) is 6.61 Å². The first-order chi connectivity index (χ1) is 12.0. The molecule has 1 atom stereocenters. The Morgan fingerprint density at radius 3 is 2.72 bits per heavy atom. The highest BCUT2D eigenvalue weighted by Crippen LogP contribution is 2.24. The third kappa shape index (κ3) is 3.61. The number of para-hydroxylation sites is 1. The number of aromatic nitrogens is 1. The van der Waals surface area contributed by atoms with Crippen molar-refractivity contribution in [3.05, 3.63) is 59.6 Å². The quantitative estimate of drug-likeness (QED) is 0.710. The molecule has 0 spiro atoms. The van der Waals surface area contributed by atoms with Crippen molar-refractivity contribution in [1.29, 1.82) is 0 Å². The molecule has 3 N–H and O–H groups in total. The number of carbonyl (C=O) groups is 2. The third-order valence-corrected chi connectivity index (χ3v) is 4.72. The molecule has 0 fully saturated rings. The minimum atomic E-state index is -1.35. The molecule has 6 nitrogen and oxygen atoms in total. The number of carbonyl (C=O) groups excluding carboxylic acids is 2. The zero-order valence-corrected chi connectivity index (χ0v) is 14.4. The van der Waals surface area contributed by atoms with Crippen LogP contribution in [0.25, 0.3) is 10.2 Å². The molecule has 0 bridgehead atoms. The summed E-state index contributed by atoms with van der Waals surface area (Å²) in [6, 6.07) is 12.7. The Morgan fingerprint density at radius 1 is 1.24 bits per heavy atom. The van der Waals surface area contributed by atoms with E-state index in [1.54, 1.807) is 23.7 Å². The molecule has 1 unspecified atom stereocenters. The van der Waals surface area contributed by atoms with E-state index < -0.39 is 17.4 Å². The van der Waals surface area contributed by atoms with Gasteiger partial charge in [-0.3, -0.25) is 14.6 Å². The van der Waals surface area contributed by atoms with E-state index >= 15 is 0 Å². The van der Waals surface area contributed by atoms with E-state index in [9.17, 15) is 9.59 Å². The maximum absolute atomic E-state index is 12.6. The van der Waals surface area contributed by atoms with E-state index in [0.717, 1.165) is 4.70 Å². The van der Waals surface area contributed by atoms with Gasteiger partial charge in [-0.25, -0.2) is 0 Å². The molecule has 7 heteroatoms. The molecule has 2 heterocycles. The average molecular weight is 355 g/mol. The first-order valence-corrected chi connectivity index (χ1v) is 8.50. The first kappa shape index (κ1) is 16.9. The fourth-order valence-corrected chi connectivity index (χ4v) is 3.15. The predicted octanol–water partition coefficient (Wildman–Crippen LogP) is 2.35. The van der Waals surface area contributed by atoms with E-state index in [4.69, 9.17) is 10.5 Å². The van der Waals surface area contributed by atoms with E-state index in [1.165, 1.54) is 18.3 Å². The molecule has 0 aliphatic carbocycles. The van der Waals surface area contributed by atoms with Crippen molar-refractivity contribution in [1.82, 2.24) is 10.3 Å². The lowest BCUT2D eigenvalue weighted by atomic mass is 10.0. The van der Waals surface area contributed by atoms with Crippen molar-refractivity contribution in [3.8, 4) is 5.75 Å². The molecule has 2 amide bonds. The molecule has 0 aliphatic heterocycles. The van der Waals surface area contributed by atoms with Gasteiger partial charge in [-0.2, -0.15) is 0 Å². The van der Waals surface area contributed by atoms with Crippen molar-refractivity contribution in [3.63, 3.8) is 0 Å². The van der Waals surface area contributed by atoms with Gasteiger partial charge in [0.25, 0.3) is 5.91 Å². The molecular weight excluding hydrogens is 338 g/mol. The number of primary amides is 1. The fourth-order valence-electron chi connectivity index (χ4n) is 2.26.